The molecule has 0 spiro atoms. The number of rotatable bonds is 3. The Hall–Kier alpha value is -0.900. The highest BCUT2D eigenvalue weighted by Crippen LogP contribution is 2.28. The normalized spacial score (nSPS) is 12.4. The van der Waals surface area contributed by atoms with E-state index in [9.17, 15) is 4.39 Å². The van der Waals surface area contributed by atoms with Gasteiger partial charge in [0.2, 0.25) is 0 Å². The lowest BCUT2D eigenvalue weighted by atomic mass is 9.99. The van der Waals surface area contributed by atoms with Crippen LogP contribution < -0.4 is 5.73 Å². The van der Waals surface area contributed by atoms with E-state index in [0.717, 1.165) is 11.1 Å². The molecule has 94 valence electrons. The maximum Gasteiger partial charge on any atom is 0.137 e. The second kappa shape index (κ2) is 5.83. The summed E-state index contributed by atoms with van der Waals surface area (Å²) in [6, 6.07) is 12.1. The average Bonchev–Trinajstić information content (AvgIpc) is 2.35. The third-order valence-electron chi connectivity index (χ3n) is 2.78. The highest BCUT2D eigenvalue weighted by Gasteiger charge is 2.14. The zero-order valence-electron chi connectivity index (χ0n) is 9.54. The average molecular weight is 329 g/mol. The molecule has 18 heavy (non-hydrogen) atoms. The van der Waals surface area contributed by atoms with Crippen molar-refractivity contribution < 1.29 is 4.39 Å². The Bertz CT molecular complexity index is 559. The monoisotopic (exact) mass is 327 g/mol. The molecule has 0 aliphatic heterocycles. The van der Waals surface area contributed by atoms with E-state index in [4.69, 9.17) is 17.3 Å². The van der Waals surface area contributed by atoms with Crippen LogP contribution in [0.15, 0.2) is 46.9 Å². The van der Waals surface area contributed by atoms with E-state index in [1.54, 1.807) is 6.07 Å². The van der Waals surface area contributed by atoms with Crippen LogP contribution in [0.3, 0.4) is 0 Å². The number of halogens is 3. The van der Waals surface area contributed by atoms with E-state index < -0.39 is 0 Å². The molecule has 0 fully saturated rings. The van der Waals surface area contributed by atoms with Crippen LogP contribution in [0.4, 0.5) is 4.39 Å². The zero-order chi connectivity index (χ0) is 13.1. The Balaban J connectivity index is 2.25. The smallest absolute Gasteiger partial charge is 0.137 e. The van der Waals surface area contributed by atoms with Crippen molar-refractivity contribution in [3.05, 3.63) is 68.9 Å². The summed E-state index contributed by atoms with van der Waals surface area (Å²) in [4.78, 5) is 0. The molecule has 0 aliphatic rings. The van der Waals surface area contributed by atoms with Crippen molar-refractivity contribution in [1.29, 1.82) is 0 Å². The molecule has 4 heteroatoms. The molecule has 0 bridgehead atoms. The lowest BCUT2D eigenvalue weighted by Gasteiger charge is -2.15. The third-order valence-corrected chi connectivity index (χ3v) is 3.98. The molecule has 0 amide bonds. The van der Waals surface area contributed by atoms with E-state index in [-0.39, 0.29) is 11.9 Å². The molecule has 2 rings (SSSR count). The molecule has 2 N–H and O–H groups in total. The molecular weight excluding hydrogens is 317 g/mol. The van der Waals surface area contributed by atoms with E-state index in [1.807, 2.05) is 30.3 Å². The van der Waals surface area contributed by atoms with Gasteiger partial charge in [0.15, 0.2) is 0 Å². The molecule has 0 heterocycles. The predicted molar refractivity (Wildman–Crippen MR) is 76.2 cm³/mol. The standard InChI is InChI=1S/C14H12BrClFN/c15-14-10(5-3-7-12(14)17)13(18)8-9-4-1-2-6-11(9)16/h1-7,13H,8,18H2. The van der Waals surface area contributed by atoms with Crippen LogP contribution in [-0.4, -0.2) is 0 Å². The molecule has 1 atom stereocenters. The molecular formula is C14H12BrClFN. The Morgan fingerprint density at radius 3 is 2.61 bits per heavy atom. The van der Waals surface area contributed by atoms with Crippen LogP contribution in [0.25, 0.3) is 0 Å². The fourth-order valence-electron chi connectivity index (χ4n) is 1.82. The minimum absolute atomic E-state index is 0.296. The van der Waals surface area contributed by atoms with Crippen molar-refractivity contribution in [3.63, 3.8) is 0 Å². The fraction of sp³-hybridized carbons (Fsp3) is 0.143. The van der Waals surface area contributed by atoms with Crippen LogP contribution in [0, 0.1) is 5.82 Å². The second-order valence-corrected chi connectivity index (χ2v) is 5.25. The van der Waals surface area contributed by atoms with Crippen LogP contribution in [-0.2, 0) is 6.42 Å². The van der Waals surface area contributed by atoms with Gasteiger partial charge in [-0.3, -0.25) is 0 Å². The first-order valence-corrected chi connectivity index (χ1v) is 6.69. The third kappa shape index (κ3) is 2.91. The van der Waals surface area contributed by atoms with Crippen LogP contribution in [0.5, 0.6) is 0 Å². The first-order valence-electron chi connectivity index (χ1n) is 5.52. The van der Waals surface area contributed by atoms with Gasteiger partial charge in [-0.25, -0.2) is 4.39 Å². The summed E-state index contributed by atoms with van der Waals surface area (Å²) >= 11 is 9.31. The van der Waals surface area contributed by atoms with Gasteiger partial charge >= 0.3 is 0 Å². The minimum atomic E-state index is -0.304. The molecule has 0 aromatic heterocycles. The first-order chi connectivity index (χ1) is 8.59. The molecule has 2 aromatic rings. The van der Waals surface area contributed by atoms with E-state index in [0.29, 0.717) is 15.9 Å². The molecule has 0 saturated heterocycles. The van der Waals surface area contributed by atoms with Crippen molar-refractivity contribution >= 4 is 27.5 Å². The Morgan fingerprint density at radius 2 is 1.89 bits per heavy atom. The van der Waals surface area contributed by atoms with Gasteiger partial charge in [0.1, 0.15) is 5.82 Å². The van der Waals surface area contributed by atoms with E-state index in [1.165, 1.54) is 6.07 Å². The SMILES string of the molecule is NC(Cc1ccccc1Cl)c1cccc(F)c1Br. The van der Waals surface area contributed by atoms with Gasteiger partial charge in [0, 0.05) is 11.1 Å². The van der Waals surface area contributed by atoms with Crippen molar-refractivity contribution in [2.45, 2.75) is 12.5 Å². The summed E-state index contributed by atoms with van der Waals surface area (Å²) in [5.74, 6) is -0.304. The summed E-state index contributed by atoms with van der Waals surface area (Å²) in [7, 11) is 0. The maximum absolute atomic E-state index is 13.4. The maximum atomic E-state index is 13.4. The van der Waals surface area contributed by atoms with Gasteiger partial charge in [-0.1, -0.05) is 41.9 Å². The summed E-state index contributed by atoms with van der Waals surface area (Å²) in [6.45, 7) is 0. The summed E-state index contributed by atoms with van der Waals surface area (Å²) in [6.07, 6.45) is 0.571. The molecule has 0 aliphatic carbocycles. The van der Waals surface area contributed by atoms with Crippen LogP contribution >= 0.6 is 27.5 Å². The van der Waals surface area contributed by atoms with Crippen LogP contribution in [0.2, 0.25) is 5.02 Å². The number of hydrogen-bond acceptors (Lipinski definition) is 1. The van der Waals surface area contributed by atoms with E-state index in [2.05, 4.69) is 15.9 Å². The van der Waals surface area contributed by atoms with Crippen LogP contribution in [0.1, 0.15) is 17.2 Å². The van der Waals surface area contributed by atoms with E-state index >= 15 is 0 Å². The summed E-state index contributed by atoms with van der Waals surface area (Å²) in [5, 5.41) is 0.681. The van der Waals surface area contributed by atoms with Crippen molar-refractivity contribution in [2.75, 3.05) is 0 Å². The number of benzene rings is 2. The number of hydrogen-bond donors (Lipinski definition) is 1. The fourth-order valence-corrected chi connectivity index (χ4v) is 2.59. The van der Waals surface area contributed by atoms with Gasteiger partial charge in [-0.15, -0.1) is 0 Å². The zero-order valence-corrected chi connectivity index (χ0v) is 11.9. The molecule has 1 nitrogen and oxygen atoms in total. The quantitative estimate of drug-likeness (QED) is 0.883. The molecule has 0 radical (unpaired) electrons. The topological polar surface area (TPSA) is 26.0 Å². The Morgan fingerprint density at radius 1 is 1.17 bits per heavy atom. The predicted octanol–water partition coefficient (Wildman–Crippen LogP) is 4.48. The highest BCUT2D eigenvalue weighted by molar-refractivity contribution is 9.10. The largest absolute Gasteiger partial charge is 0.324 e. The molecule has 1 unspecified atom stereocenters. The van der Waals surface area contributed by atoms with Gasteiger partial charge in [0.05, 0.1) is 4.47 Å². The lowest BCUT2D eigenvalue weighted by molar-refractivity contribution is 0.610. The van der Waals surface area contributed by atoms with Gasteiger partial charge in [-0.05, 0) is 45.6 Å². The number of nitrogens with two attached hydrogens (primary N) is 1. The Kier molecular flexibility index (Phi) is 4.38. The first kappa shape index (κ1) is 13.5. The van der Waals surface area contributed by atoms with Gasteiger partial charge < -0.3 is 5.73 Å². The Labute approximate surface area is 119 Å². The van der Waals surface area contributed by atoms with Gasteiger partial charge in [0.25, 0.3) is 0 Å². The summed E-state index contributed by atoms with van der Waals surface area (Å²) < 4.78 is 13.8. The van der Waals surface area contributed by atoms with Crippen molar-refractivity contribution in [2.24, 2.45) is 5.73 Å². The summed E-state index contributed by atoms with van der Waals surface area (Å²) in [5.41, 5.74) is 7.82. The van der Waals surface area contributed by atoms with Crippen molar-refractivity contribution in [3.8, 4) is 0 Å². The van der Waals surface area contributed by atoms with Gasteiger partial charge in [-0.2, -0.15) is 0 Å². The van der Waals surface area contributed by atoms with Crippen molar-refractivity contribution in [1.82, 2.24) is 0 Å². The minimum Gasteiger partial charge on any atom is -0.324 e. The second-order valence-electron chi connectivity index (χ2n) is 4.05. The molecule has 2 aromatic carbocycles. The highest BCUT2D eigenvalue weighted by atomic mass is 79.9. The molecule has 0 saturated carbocycles. The lowest BCUT2D eigenvalue weighted by Crippen LogP contribution is -2.14.